The van der Waals surface area contributed by atoms with Crippen LogP contribution in [-0.2, 0) is 6.54 Å². The number of nitrogens with zero attached hydrogens (tertiary/aromatic N) is 1. The van der Waals surface area contributed by atoms with Gasteiger partial charge >= 0.3 is 0 Å². The summed E-state index contributed by atoms with van der Waals surface area (Å²) in [6.45, 7) is 3.12. The Kier molecular flexibility index (Phi) is 2.13. The maximum absolute atomic E-state index is 4.87. The van der Waals surface area contributed by atoms with E-state index in [2.05, 4.69) is 17.2 Å². The first-order chi connectivity index (χ1) is 5.86. The van der Waals surface area contributed by atoms with Crippen molar-refractivity contribution in [1.29, 1.82) is 0 Å². The van der Waals surface area contributed by atoms with Crippen molar-refractivity contribution in [3.8, 4) is 0 Å². The highest BCUT2D eigenvalue weighted by atomic mass is 16.3. The monoisotopic (exact) mass is 166 g/mol. The number of hydrogen-bond acceptors (Lipinski definition) is 3. The van der Waals surface area contributed by atoms with Crippen LogP contribution in [-0.4, -0.2) is 11.0 Å². The predicted octanol–water partition coefficient (Wildman–Crippen LogP) is 1.56. The lowest BCUT2D eigenvalue weighted by molar-refractivity contribution is 0.227. The molecule has 0 bridgehead atoms. The van der Waals surface area contributed by atoms with Gasteiger partial charge in [0.05, 0.1) is 5.69 Å². The van der Waals surface area contributed by atoms with Crippen LogP contribution in [0.5, 0.6) is 0 Å². The summed E-state index contributed by atoms with van der Waals surface area (Å²) < 4.78 is 4.87. The molecule has 1 fully saturated rings. The minimum atomic E-state index is 0.696. The molecule has 0 amide bonds. The maximum Gasteiger partial charge on any atom is 0.180 e. The van der Waals surface area contributed by atoms with E-state index in [-0.39, 0.29) is 0 Å². The van der Waals surface area contributed by atoms with E-state index in [0.717, 1.165) is 18.2 Å². The van der Waals surface area contributed by atoms with Gasteiger partial charge in [-0.3, -0.25) is 0 Å². The van der Waals surface area contributed by atoms with Crippen molar-refractivity contribution in [1.82, 2.24) is 10.3 Å². The molecule has 1 aliphatic carbocycles. The van der Waals surface area contributed by atoms with Crippen LogP contribution in [0.4, 0.5) is 0 Å². The second kappa shape index (κ2) is 3.27. The molecule has 2 rings (SSSR count). The molecule has 1 aromatic rings. The number of nitrogens with one attached hydrogen (secondary N) is 1. The molecule has 0 aliphatic heterocycles. The van der Waals surface area contributed by atoms with Crippen molar-refractivity contribution in [2.24, 2.45) is 5.92 Å². The van der Waals surface area contributed by atoms with Gasteiger partial charge in [0, 0.05) is 12.6 Å². The highest BCUT2D eigenvalue weighted by Gasteiger charge is 2.25. The van der Waals surface area contributed by atoms with E-state index in [1.165, 1.54) is 19.2 Å². The minimum Gasteiger partial charge on any atom is -0.451 e. The quantitative estimate of drug-likeness (QED) is 0.740. The molecule has 66 valence electrons. The highest BCUT2D eigenvalue weighted by Crippen LogP contribution is 2.26. The predicted molar refractivity (Wildman–Crippen MR) is 45.5 cm³/mol. The number of aromatic nitrogens is 1. The van der Waals surface area contributed by atoms with Crippen molar-refractivity contribution in [2.45, 2.75) is 32.4 Å². The van der Waals surface area contributed by atoms with Crippen LogP contribution in [0.15, 0.2) is 17.1 Å². The molecule has 12 heavy (non-hydrogen) atoms. The minimum absolute atomic E-state index is 0.696. The number of hydrogen-bond donors (Lipinski definition) is 1. The molecule has 1 saturated carbocycles. The fraction of sp³-hybridized carbons (Fsp3) is 0.667. The second-order valence-corrected chi connectivity index (χ2v) is 3.52. The van der Waals surface area contributed by atoms with Crippen LogP contribution in [0.25, 0.3) is 0 Å². The van der Waals surface area contributed by atoms with Gasteiger partial charge in [0.25, 0.3) is 0 Å². The Bertz CT molecular complexity index is 233. The summed E-state index contributed by atoms with van der Waals surface area (Å²) in [5, 5.41) is 3.45. The molecular formula is C9H14N2O. The molecule has 0 aromatic carbocycles. The first kappa shape index (κ1) is 7.80. The van der Waals surface area contributed by atoms with E-state index in [9.17, 15) is 0 Å². The van der Waals surface area contributed by atoms with E-state index in [1.807, 2.05) is 0 Å². The fourth-order valence-corrected chi connectivity index (χ4v) is 1.53. The zero-order valence-electron chi connectivity index (χ0n) is 7.29. The van der Waals surface area contributed by atoms with Crippen molar-refractivity contribution in [3.63, 3.8) is 0 Å². The Hall–Kier alpha value is -0.830. The molecule has 0 spiro atoms. The van der Waals surface area contributed by atoms with E-state index >= 15 is 0 Å². The lowest BCUT2D eigenvalue weighted by Gasteiger charge is -2.34. The summed E-state index contributed by atoms with van der Waals surface area (Å²) >= 11 is 0. The zero-order chi connectivity index (χ0) is 8.39. The summed E-state index contributed by atoms with van der Waals surface area (Å²) in [7, 11) is 0. The zero-order valence-corrected chi connectivity index (χ0v) is 7.29. The van der Waals surface area contributed by atoms with Crippen LogP contribution in [0.1, 0.15) is 25.5 Å². The third-order valence-electron chi connectivity index (χ3n) is 2.65. The molecule has 0 saturated heterocycles. The topological polar surface area (TPSA) is 38.1 Å². The standard InChI is InChI=1S/C9H14N2O/c1-7-2-3-9(7)10-4-8-5-12-6-11-8/h5-7,9-10H,2-4H2,1H3. The van der Waals surface area contributed by atoms with Crippen LogP contribution in [0.2, 0.25) is 0 Å². The molecule has 1 aromatic heterocycles. The average Bonchev–Trinajstić information content (AvgIpc) is 2.54. The molecule has 1 aliphatic rings. The Labute approximate surface area is 72.2 Å². The summed E-state index contributed by atoms with van der Waals surface area (Å²) in [5.74, 6) is 0.830. The molecule has 2 unspecified atom stereocenters. The molecule has 0 radical (unpaired) electrons. The summed E-state index contributed by atoms with van der Waals surface area (Å²) in [4.78, 5) is 4.04. The Morgan fingerprint density at radius 1 is 1.67 bits per heavy atom. The molecule has 1 N–H and O–H groups in total. The van der Waals surface area contributed by atoms with Gasteiger partial charge in [-0.25, -0.2) is 4.98 Å². The van der Waals surface area contributed by atoms with Gasteiger partial charge < -0.3 is 9.73 Å². The Morgan fingerprint density at radius 2 is 2.58 bits per heavy atom. The smallest absolute Gasteiger partial charge is 0.180 e. The van der Waals surface area contributed by atoms with Gasteiger partial charge in [-0.2, -0.15) is 0 Å². The van der Waals surface area contributed by atoms with Crippen LogP contribution in [0, 0.1) is 5.92 Å². The highest BCUT2D eigenvalue weighted by molar-refractivity contribution is 4.92. The largest absolute Gasteiger partial charge is 0.451 e. The third kappa shape index (κ3) is 1.50. The normalized spacial score (nSPS) is 28.4. The second-order valence-electron chi connectivity index (χ2n) is 3.52. The van der Waals surface area contributed by atoms with Gasteiger partial charge in [0.2, 0.25) is 0 Å². The van der Waals surface area contributed by atoms with Crippen LogP contribution in [0.3, 0.4) is 0 Å². The van der Waals surface area contributed by atoms with Crippen LogP contribution < -0.4 is 5.32 Å². The van der Waals surface area contributed by atoms with E-state index in [4.69, 9.17) is 4.42 Å². The molecule has 1 heterocycles. The SMILES string of the molecule is CC1CCC1NCc1cocn1. The lowest BCUT2D eigenvalue weighted by Crippen LogP contribution is -2.41. The van der Waals surface area contributed by atoms with Crippen LogP contribution >= 0.6 is 0 Å². The number of rotatable bonds is 3. The van der Waals surface area contributed by atoms with Crippen molar-refractivity contribution >= 4 is 0 Å². The van der Waals surface area contributed by atoms with Gasteiger partial charge in [-0.1, -0.05) is 6.92 Å². The molecule has 2 atom stereocenters. The summed E-state index contributed by atoms with van der Waals surface area (Å²) in [6, 6.07) is 0.696. The Balaban J connectivity index is 1.75. The van der Waals surface area contributed by atoms with Gasteiger partial charge in [-0.15, -0.1) is 0 Å². The van der Waals surface area contributed by atoms with Crippen molar-refractivity contribution in [2.75, 3.05) is 0 Å². The van der Waals surface area contributed by atoms with Gasteiger partial charge in [0.1, 0.15) is 6.26 Å². The van der Waals surface area contributed by atoms with Gasteiger partial charge in [0.15, 0.2) is 6.39 Å². The van der Waals surface area contributed by atoms with Crippen molar-refractivity contribution in [3.05, 3.63) is 18.4 Å². The first-order valence-electron chi connectivity index (χ1n) is 4.46. The van der Waals surface area contributed by atoms with E-state index in [0.29, 0.717) is 6.04 Å². The van der Waals surface area contributed by atoms with E-state index in [1.54, 1.807) is 6.26 Å². The maximum atomic E-state index is 4.87. The average molecular weight is 166 g/mol. The summed E-state index contributed by atoms with van der Waals surface area (Å²) in [5.41, 5.74) is 0.995. The van der Waals surface area contributed by atoms with Crippen molar-refractivity contribution < 1.29 is 4.42 Å². The Morgan fingerprint density at radius 3 is 3.08 bits per heavy atom. The first-order valence-corrected chi connectivity index (χ1v) is 4.46. The lowest BCUT2D eigenvalue weighted by atomic mass is 9.81. The fourth-order valence-electron chi connectivity index (χ4n) is 1.53. The van der Waals surface area contributed by atoms with Gasteiger partial charge in [-0.05, 0) is 18.8 Å². The number of oxazole rings is 1. The summed E-state index contributed by atoms with van der Waals surface area (Å²) in [6.07, 6.45) is 5.83. The third-order valence-corrected chi connectivity index (χ3v) is 2.65. The van der Waals surface area contributed by atoms with E-state index < -0.39 is 0 Å². The molecule has 3 heteroatoms. The molecular weight excluding hydrogens is 152 g/mol. The molecule has 3 nitrogen and oxygen atoms in total.